The van der Waals surface area contributed by atoms with Crippen molar-refractivity contribution in [3.63, 3.8) is 0 Å². The lowest BCUT2D eigenvalue weighted by molar-refractivity contribution is -0.151. The molecule has 0 saturated carbocycles. The van der Waals surface area contributed by atoms with Gasteiger partial charge in [0.25, 0.3) is 5.91 Å². The fourth-order valence-electron chi connectivity index (χ4n) is 4.27. The van der Waals surface area contributed by atoms with Gasteiger partial charge in [0.15, 0.2) is 0 Å². The van der Waals surface area contributed by atoms with E-state index >= 15 is 0 Å². The summed E-state index contributed by atoms with van der Waals surface area (Å²) in [7, 11) is 0. The Balaban J connectivity index is 1.74. The van der Waals surface area contributed by atoms with E-state index < -0.39 is 17.9 Å². The number of rotatable bonds is 1. The number of carbonyl (C=O) groups is 3. The summed E-state index contributed by atoms with van der Waals surface area (Å²) in [5.74, 6) is -1.31. The van der Waals surface area contributed by atoms with Gasteiger partial charge < -0.3 is 5.32 Å². The molecule has 0 radical (unpaired) electrons. The van der Waals surface area contributed by atoms with Crippen molar-refractivity contribution in [2.45, 2.75) is 19.9 Å². The van der Waals surface area contributed by atoms with E-state index in [2.05, 4.69) is 35.6 Å². The van der Waals surface area contributed by atoms with Crippen LogP contribution in [0.15, 0.2) is 60.3 Å². The summed E-state index contributed by atoms with van der Waals surface area (Å²) in [6, 6.07) is 17.6. The van der Waals surface area contributed by atoms with Gasteiger partial charge in [-0.25, -0.2) is 0 Å². The molecule has 1 aliphatic rings. The lowest BCUT2D eigenvalue weighted by Crippen LogP contribution is -2.57. The second-order valence-electron chi connectivity index (χ2n) is 7.43. The first-order chi connectivity index (χ1) is 14.0. The van der Waals surface area contributed by atoms with Crippen LogP contribution in [0.3, 0.4) is 0 Å². The molecule has 3 amide bonds. The summed E-state index contributed by atoms with van der Waals surface area (Å²) in [5.41, 5.74) is 0.927. The van der Waals surface area contributed by atoms with E-state index in [1.165, 1.54) is 12.3 Å². The Kier molecular flexibility index (Phi) is 3.68. The lowest BCUT2D eigenvalue weighted by Gasteiger charge is -2.31. The molecule has 1 atom stereocenters. The van der Waals surface area contributed by atoms with Gasteiger partial charge in [0.05, 0.1) is 0 Å². The van der Waals surface area contributed by atoms with E-state index in [-0.39, 0.29) is 11.6 Å². The molecule has 4 aromatic carbocycles. The molecule has 5 heteroatoms. The van der Waals surface area contributed by atoms with Crippen LogP contribution in [0.25, 0.3) is 38.4 Å². The second-order valence-corrected chi connectivity index (χ2v) is 7.43. The lowest BCUT2D eigenvalue weighted by atomic mass is 9.91. The van der Waals surface area contributed by atoms with Crippen LogP contribution in [0.4, 0.5) is 0 Å². The number of hydrogen-bond donors (Lipinski definition) is 1. The van der Waals surface area contributed by atoms with Crippen molar-refractivity contribution >= 4 is 56.1 Å². The third-order valence-corrected chi connectivity index (χ3v) is 5.68. The van der Waals surface area contributed by atoms with E-state index in [1.54, 1.807) is 13.0 Å². The summed E-state index contributed by atoms with van der Waals surface area (Å²) < 4.78 is 0. The summed E-state index contributed by atoms with van der Waals surface area (Å²) in [4.78, 5) is 38.0. The van der Waals surface area contributed by atoms with Gasteiger partial charge in [-0.05, 0) is 50.9 Å². The number of piperazine rings is 1. The minimum Gasteiger partial charge on any atom is -0.320 e. The summed E-state index contributed by atoms with van der Waals surface area (Å²) in [6.45, 7) is 2.84. The molecular formula is C24H18N2O3. The van der Waals surface area contributed by atoms with Crippen LogP contribution >= 0.6 is 0 Å². The highest BCUT2D eigenvalue weighted by atomic mass is 16.2. The largest absolute Gasteiger partial charge is 0.320 e. The quantitative estimate of drug-likeness (QED) is 0.402. The molecule has 0 aromatic heterocycles. The van der Waals surface area contributed by atoms with Crippen LogP contribution < -0.4 is 5.32 Å². The van der Waals surface area contributed by atoms with E-state index in [1.807, 2.05) is 24.3 Å². The maximum Gasteiger partial charge on any atom is 0.277 e. The Morgan fingerprint density at radius 3 is 2.24 bits per heavy atom. The van der Waals surface area contributed by atoms with E-state index in [9.17, 15) is 14.4 Å². The Hall–Kier alpha value is -3.73. The normalized spacial score (nSPS) is 18.9. The molecule has 0 bridgehead atoms. The minimum absolute atomic E-state index is 0.110. The molecule has 4 aromatic rings. The molecule has 1 unspecified atom stereocenters. The molecule has 1 heterocycles. The predicted octanol–water partition coefficient (Wildman–Crippen LogP) is 3.82. The van der Waals surface area contributed by atoms with E-state index in [4.69, 9.17) is 0 Å². The van der Waals surface area contributed by atoms with Gasteiger partial charge in [0, 0.05) is 6.92 Å². The zero-order valence-electron chi connectivity index (χ0n) is 16.0. The Morgan fingerprint density at radius 2 is 1.55 bits per heavy atom. The van der Waals surface area contributed by atoms with Crippen LogP contribution in [-0.2, 0) is 14.4 Å². The SMILES string of the molecule is CC(=O)N1C(=O)C(=Cc2ccc3ccc4cccc5ccc2c3c45)NC(=O)C1C. The Labute approximate surface area is 166 Å². The van der Waals surface area contributed by atoms with E-state index in [0.29, 0.717) is 0 Å². The first-order valence-electron chi connectivity index (χ1n) is 9.49. The minimum atomic E-state index is -0.821. The maximum atomic E-state index is 12.8. The van der Waals surface area contributed by atoms with Crippen LogP contribution in [0.5, 0.6) is 0 Å². The summed E-state index contributed by atoms with van der Waals surface area (Å²) in [6.07, 6.45) is 1.66. The molecule has 5 rings (SSSR count). The molecule has 0 aliphatic carbocycles. The first-order valence-corrected chi connectivity index (χ1v) is 9.49. The van der Waals surface area contributed by atoms with Crippen molar-refractivity contribution in [1.29, 1.82) is 0 Å². The van der Waals surface area contributed by atoms with Crippen molar-refractivity contribution in [2.75, 3.05) is 0 Å². The molecule has 1 fully saturated rings. The standard InChI is InChI=1S/C24H18N2O3/c1-13-23(28)25-20(24(29)26(13)14(2)27)12-18-9-8-17-7-6-15-4-3-5-16-10-11-19(18)22(17)21(15)16/h3-13H,1-2H3,(H,25,28). The molecule has 5 nitrogen and oxygen atoms in total. The number of carbonyl (C=O) groups excluding carboxylic acids is 3. The monoisotopic (exact) mass is 382 g/mol. The average molecular weight is 382 g/mol. The molecule has 142 valence electrons. The number of imide groups is 1. The van der Waals surface area contributed by atoms with Gasteiger partial charge >= 0.3 is 0 Å². The zero-order chi connectivity index (χ0) is 20.3. The van der Waals surface area contributed by atoms with Gasteiger partial charge in [-0.15, -0.1) is 0 Å². The fraction of sp³-hybridized carbons (Fsp3) is 0.125. The highest BCUT2D eigenvalue weighted by Gasteiger charge is 2.37. The molecule has 1 saturated heterocycles. The van der Waals surface area contributed by atoms with Crippen molar-refractivity contribution in [3.05, 3.63) is 65.9 Å². The number of benzene rings is 4. The van der Waals surface area contributed by atoms with Gasteiger partial charge in [-0.1, -0.05) is 54.6 Å². The van der Waals surface area contributed by atoms with Crippen molar-refractivity contribution in [2.24, 2.45) is 0 Å². The fourth-order valence-corrected chi connectivity index (χ4v) is 4.27. The van der Waals surface area contributed by atoms with Gasteiger partial charge in [0.2, 0.25) is 11.8 Å². The average Bonchev–Trinajstić information content (AvgIpc) is 2.71. The highest BCUT2D eigenvalue weighted by Crippen LogP contribution is 2.36. The molecular weight excluding hydrogens is 364 g/mol. The van der Waals surface area contributed by atoms with Gasteiger partial charge in [-0.3, -0.25) is 19.3 Å². The predicted molar refractivity (Wildman–Crippen MR) is 113 cm³/mol. The maximum absolute atomic E-state index is 12.8. The van der Waals surface area contributed by atoms with Gasteiger partial charge in [-0.2, -0.15) is 0 Å². The van der Waals surface area contributed by atoms with Crippen molar-refractivity contribution in [1.82, 2.24) is 10.2 Å². The van der Waals surface area contributed by atoms with Crippen LogP contribution in [0, 0.1) is 0 Å². The number of nitrogens with zero attached hydrogens (tertiary/aromatic N) is 1. The highest BCUT2D eigenvalue weighted by molar-refractivity contribution is 6.24. The number of nitrogens with one attached hydrogen (secondary N) is 1. The van der Waals surface area contributed by atoms with Crippen LogP contribution in [0.1, 0.15) is 19.4 Å². The molecule has 29 heavy (non-hydrogen) atoms. The summed E-state index contributed by atoms with van der Waals surface area (Å²) in [5, 5.41) is 9.39. The van der Waals surface area contributed by atoms with Crippen molar-refractivity contribution < 1.29 is 14.4 Å². The van der Waals surface area contributed by atoms with Crippen LogP contribution in [0.2, 0.25) is 0 Å². The number of hydrogen-bond acceptors (Lipinski definition) is 3. The second kappa shape index (κ2) is 6.14. The van der Waals surface area contributed by atoms with Crippen molar-refractivity contribution in [3.8, 4) is 0 Å². The number of amides is 3. The Bertz CT molecular complexity index is 1350. The third kappa shape index (κ3) is 2.51. The first kappa shape index (κ1) is 17.4. The molecule has 0 spiro atoms. The summed E-state index contributed by atoms with van der Waals surface area (Å²) >= 11 is 0. The Morgan fingerprint density at radius 1 is 0.931 bits per heavy atom. The third-order valence-electron chi connectivity index (χ3n) is 5.68. The smallest absolute Gasteiger partial charge is 0.277 e. The van der Waals surface area contributed by atoms with E-state index in [0.717, 1.165) is 37.4 Å². The molecule has 1 aliphatic heterocycles. The zero-order valence-corrected chi connectivity index (χ0v) is 16.0. The topological polar surface area (TPSA) is 66.5 Å². The molecule has 1 N–H and O–H groups in total. The van der Waals surface area contributed by atoms with Gasteiger partial charge in [0.1, 0.15) is 11.7 Å². The van der Waals surface area contributed by atoms with Crippen LogP contribution in [-0.4, -0.2) is 28.7 Å².